The lowest BCUT2D eigenvalue weighted by atomic mass is 10.1. The summed E-state index contributed by atoms with van der Waals surface area (Å²) >= 11 is 11.2. The Hall–Kier alpha value is -0.840. The number of nitrogens with two attached hydrogens (primary N) is 1. The molecule has 0 spiro atoms. The van der Waals surface area contributed by atoms with Gasteiger partial charge in [-0.05, 0) is 31.0 Å². The molecule has 0 saturated heterocycles. The lowest BCUT2D eigenvalue weighted by Gasteiger charge is -2.33. The predicted octanol–water partition coefficient (Wildman–Crippen LogP) is 2.96. The molecule has 0 saturated carbocycles. The molecule has 1 aromatic carbocycles. The standard InChI is InChI=1S/C14H21ClN2OS/c1-3-11(4-2)17(7-8-18)13-9-10(15)5-6-12(13)14(16)19/h5-6,9,11,18H,3-4,7-8H2,1-2H3,(H2,16,19). The van der Waals surface area contributed by atoms with Crippen LogP contribution in [0.15, 0.2) is 18.2 Å². The highest BCUT2D eigenvalue weighted by Crippen LogP contribution is 2.28. The number of nitrogens with zero attached hydrogens (tertiary/aromatic N) is 1. The highest BCUT2D eigenvalue weighted by molar-refractivity contribution is 7.80. The van der Waals surface area contributed by atoms with E-state index in [2.05, 4.69) is 18.7 Å². The molecule has 1 rings (SSSR count). The molecule has 0 aliphatic heterocycles. The Labute approximate surface area is 125 Å². The third-order valence-electron chi connectivity index (χ3n) is 3.26. The first kappa shape index (κ1) is 16.2. The molecular formula is C14H21ClN2OS. The molecule has 19 heavy (non-hydrogen) atoms. The fourth-order valence-electron chi connectivity index (χ4n) is 2.29. The van der Waals surface area contributed by atoms with Gasteiger partial charge in [-0.3, -0.25) is 0 Å². The van der Waals surface area contributed by atoms with Gasteiger partial charge in [0.2, 0.25) is 0 Å². The Morgan fingerprint density at radius 3 is 2.53 bits per heavy atom. The first-order valence-corrected chi connectivity index (χ1v) is 7.30. The van der Waals surface area contributed by atoms with Gasteiger partial charge in [0.1, 0.15) is 4.99 Å². The summed E-state index contributed by atoms with van der Waals surface area (Å²) < 4.78 is 0. The van der Waals surface area contributed by atoms with E-state index in [1.165, 1.54) is 0 Å². The largest absolute Gasteiger partial charge is 0.395 e. The molecule has 0 aliphatic rings. The van der Waals surface area contributed by atoms with Crippen LogP contribution in [-0.2, 0) is 0 Å². The van der Waals surface area contributed by atoms with Gasteiger partial charge in [0, 0.05) is 28.9 Å². The zero-order valence-electron chi connectivity index (χ0n) is 11.4. The van der Waals surface area contributed by atoms with Gasteiger partial charge >= 0.3 is 0 Å². The molecule has 0 aromatic heterocycles. The third kappa shape index (κ3) is 4.06. The highest BCUT2D eigenvalue weighted by Gasteiger charge is 2.19. The summed E-state index contributed by atoms with van der Waals surface area (Å²) in [6.07, 6.45) is 1.97. The summed E-state index contributed by atoms with van der Waals surface area (Å²) in [5.41, 5.74) is 7.49. The van der Waals surface area contributed by atoms with Crippen molar-refractivity contribution in [3.63, 3.8) is 0 Å². The van der Waals surface area contributed by atoms with Gasteiger partial charge in [0.25, 0.3) is 0 Å². The maximum absolute atomic E-state index is 9.30. The summed E-state index contributed by atoms with van der Waals surface area (Å²) in [4.78, 5) is 2.49. The Kier molecular flexibility index (Phi) is 6.55. The number of halogens is 1. The molecule has 0 heterocycles. The molecule has 0 radical (unpaired) electrons. The quantitative estimate of drug-likeness (QED) is 0.760. The van der Waals surface area contributed by atoms with Crippen LogP contribution in [0.5, 0.6) is 0 Å². The number of aliphatic hydroxyl groups is 1. The Morgan fingerprint density at radius 1 is 1.42 bits per heavy atom. The maximum atomic E-state index is 9.30. The monoisotopic (exact) mass is 300 g/mol. The molecular weight excluding hydrogens is 280 g/mol. The van der Waals surface area contributed by atoms with Crippen molar-refractivity contribution < 1.29 is 5.11 Å². The molecule has 0 fully saturated rings. The van der Waals surface area contributed by atoms with Crippen molar-refractivity contribution in [2.45, 2.75) is 32.7 Å². The first-order chi connectivity index (χ1) is 9.04. The van der Waals surface area contributed by atoms with E-state index in [0.29, 0.717) is 22.6 Å². The number of anilines is 1. The topological polar surface area (TPSA) is 49.5 Å². The van der Waals surface area contributed by atoms with E-state index in [9.17, 15) is 5.11 Å². The van der Waals surface area contributed by atoms with Gasteiger partial charge in [-0.15, -0.1) is 0 Å². The number of hydrogen-bond donors (Lipinski definition) is 2. The second kappa shape index (κ2) is 7.68. The second-order valence-electron chi connectivity index (χ2n) is 4.41. The second-order valence-corrected chi connectivity index (χ2v) is 5.29. The van der Waals surface area contributed by atoms with E-state index in [-0.39, 0.29) is 6.61 Å². The van der Waals surface area contributed by atoms with Crippen LogP contribution in [0.3, 0.4) is 0 Å². The zero-order chi connectivity index (χ0) is 14.4. The van der Waals surface area contributed by atoms with Gasteiger partial charge in [0.05, 0.1) is 6.61 Å². The number of rotatable bonds is 7. The maximum Gasteiger partial charge on any atom is 0.106 e. The van der Waals surface area contributed by atoms with Crippen LogP contribution < -0.4 is 10.6 Å². The minimum Gasteiger partial charge on any atom is -0.395 e. The molecule has 3 N–H and O–H groups in total. The van der Waals surface area contributed by atoms with Crippen LogP contribution in [-0.4, -0.2) is 29.3 Å². The summed E-state index contributed by atoms with van der Waals surface area (Å²) in [5, 5.41) is 9.94. The van der Waals surface area contributed by atoms with Crippen LogP contribution in [0.1, 0.15) is 32.3 Å². The van der Waals surface area contributed by atoms with E-state index < -0.39 is 0 Å². The third-order valence-corrected chi connectivity index (χ3v) is 3.71. The lowest BCUT2D eigenvalue weighted by Crippen LogP contribution is -2.38. The van der Waals surface area contributed by atoms with Crippen LogP contribution >= 0.6 is 23.8 Å². The molecule has 0 aliphatic carbocycles. The average molecular weight is 301 g/mol. The SMILES string of the molecule is CCC(CC)N(CCO)c1cc(Cl)ccc1C(N)=S. The number of aliphatic hydroxyl groups excluding tert-OH is 1. The molecule has 0 amide bonds. The molecule has 5 heteroatoms. The number of benzene rings is 1. The van der Waals surface area contributed by atoms with Crippen molar-refractivity contribution >= 4 is 34.5 Å². The van der Waals surface area contributed by atoms with Crippen LogP contribution in [0.4, 0.5) is 5.69 Å². The summed E-state index contributed by atoms with van der Waals surface area (Å²) in [7, 11) is 0. The van der Waals surface area contributed by atoms with E-state index in [1.54, 1.807) is 6.07 Å². The van der Waals surface area contributed by atoms with Crippen molar-refractivity contribution in [3.05, 3.63) is 28.8 Å². The van der Waals surface area contributed by atoms with Gasteiger partial charge in [0.15, 0.2) is 0 Å². The fraction of sp³-hybridized carbons (Fsp3) is 0.500. The summed E-state index contributed by atoms with van der Waals surface area (Å²) in [6, 6.07) is 5.82. The van der Waals surface area contributed by atoms with Gasteiger partial charge < -0.3 is 15.7 Å². The Bertz CT molecular complexity index is 435. The van der Waals surface area contributed by atoms with Crippen molar-refractivity contribution in [2.24, 2.45) is 5.73 Å². The average Bonchev–Trinajstić information content (AvgIpc) is 2.38. The predicted molar refractivity (Wildman–Crippen MR) is 86.1 cm³/mol. The fourth-order valence-corrected chi connectivity index (χ4v) is 2.63. The van der Waals surface area contributed by atoms with Gasteiger partial charge in [-0.25, -0.2) is 0 Å². The number of thiocarbonyl (C=S) groups is 1. The van der Waals surface area contributed by atoms with Gasteiger partial charge in [-0.1, -0.05) is 37.7 Å². The summed E-state index contributed by atoms with van der Waals surface area (Å²) in [5.74, 6) is 0. The van der Waals surface area contributed by atoms with Crippen molar-refractivity contribution in [3.8, 4) is 0 Å². The molecule has 0 unspecified atom stereocenters. The summed E-state index contributed by atoms with van der Waals surface area (Å²) in [6.45, 7) is 4.88. The smallest absolute Gasteiger partial charge is 0.106 e. The highest BCUT2D eigenvalue weighted by atomic mass is 35.5. The van der Waals surface area contributed by atoms with Crippen molar-refractivity contribution in [2.75, 3.05) is 18.1 Å². The van der Waals surface area contributed by atoms with E-state index in [4.69, 9.17) is 29.6 Å². The molecule has 1 aromatic rings. The molecule has 3 nitrogen and oxygen atoms in total. The van der Waals surface area contributed by atoms with Crippen LogP contribution in [0, 0.1) is 0 Å². The minimum absolute atomic E-state index is 0.0831. The van der Waals surface area contributed by atoms with Crippen molar-refractivity contribution in [1.29, 1.82) is 0 Å². The normalized spacial score (nSPS) is 10.8. The van der Waals surface area contributed by atoms with E-state index in [1.807, 2.05) is 12.1 Å². The Balaban J connectivity index is 3.27. The molecule has 106 valence electrons. The van der Waals surface area contributed by atoms with Crippen molar-refractivity contribution in [1.82, 2.24) is 0 Å². The van der Waals surface area contributed by atoms with Gasteiger partial charge in [-0.2, -0.15) is 0 Å². The van der Waals surface area contributed by atoms with E-state index in [0.717, 1.165) is 24.1 Å². The van der Waals surface area contributed by atoms with Crippen LogP contribution in [0.25, 0.3) is 0 Å². The lowest BCUT2D eigenvalue weighted by molar-refractivity contribution is 0.296. The first-order valence-electron chi connectivity index (χ1n) is 6.51. The van der Waals surface area contributed by atoms with E-state index >= 15 is 0 Å². The zero-order valence-corrected chi connectivity index (χ0v) is 13.0. The molecule has 0 bridgehead atoms. The minimum atomic E-state index is 0.0831. The number of hydrogen-bond acceptors (Lipinski definition) is 3. The Morgan fingerprint density at radius 2 is 2.05 bits per heavy atom. The van der Waals surface area contributed by atoms with Crippen LogP contribution in [0.2, 0.25) is 5.02 Å². The molecule has 0 atom stereocenters.